The lowest BCUT2D eigenvalue weighted by molar-refractivity contribution is 0.0709. The monoisotopic (exact) mass is 379 g/mol. The Balaban J connectivity index is 1.69. The van der Waals surface area contributed by atoms with Gasteiger partial charge in [0.05, 0.1) is 28.5 Å². The average Bonchev–Trinajstić information content (AvgIpc) is 3.25. The van der Waals surface area contributed by atoms with E-state index in [1.54, 1.807) is 24.5 Å². The standard InChI is InChI=1S/C18H19Cl2N3O2/c19-13-4-5-16(17(20)9-13)18-22-14(12-25-18)10-23(7-2-6-21)11-15-3-1-8-24-15/h4-5,9,12,15H,1-3,7-8,10-11H2. The Hall–Kier alpha value is -1.58. The largest absolute Gasteiger partial charge is 0.444 e. The summed E-state index contributed by atoms with van der Waals surface area (Å²) < 4.78 is 11.3. The first kappa shape index (κ1) is 18.2. The number of ether oxygens (including phenoxy) is 1. The van der Waals surface area contributed by atoms with Gasteiger partial charge in [-0.1, -0.05) is 23.2 Å². The molecule has 1 fully saturated rings. The number of benzene rings is 1. The van der Waals surface area contributed by atoms with Crippen molar-refractivity contribution < 1.29 is 9.15 Å². The van der Waals surface area contributed by atoms with Crippen LogP contribution in [0.1, 0.15) is 25.0 Å². The van der Waals surface area contributed by atoms with Crippen molar-refractivity contribution in [3.05, 3.63) is 40.2 Å². The van der Waals surface area contributed by atoms with E-state index in [1.807, 2.05) is 0 Å². The van der Waals surface area contributed by atoms with E-state index in [-0.39, 0.29) is 6.10 Å². The topological polar surface area (TPSA) is 62.3 Å². The highest BCUT2D eigenvalue weighted by Crippen LogP contribution is 2.30. The number of nitrogens with zero attached hydrogens (tertiary/aromatic N) is 3. The maximum atomic E-state index is 8.88. The van der Waals surface area contributed by atoms with Gasteiger partial charge in [-0.15, -0.1) is 0 Å². The van der Waals surface area contributed by atoms with Gasteiger partial charge in [0.15, 0.2) is 0 Å². The van der Waals surface area contributed by atoms with Crippen LogP contribution in [-0.2, 0) is 11.3 Å². The van der Waals surface area contributed by atoms with E-state index in [0.717, 1.165) is 31.7 Å². The van der Waals surface area contributed by atoms with Crippen molar-refractivity contribution in [2.75, 3.05) is 19.7 Å². The molecule has 0 bridgehead atoms. The number of nitriles is 1. The van der Waals surface area contributed by atoms with Gasteiger partial charge in [-0.05, 0) is 31.0 Å². The zero-order valence-electron chi connectivity index (χ0n) is 13.8. The predicted molar refractivity (Wildman–Crippen MR) is 96.4 cm³/mol. The molecule has 0 N–H and O–H groups in total. The summed E-state index contributed by atoms with van der Waals surface area (Å²) in [6, 6.07) is 7.41. The Kier molecular flexibility index (Phi) is 6.33. The zero-order chi connectivity index (χ0) is 17.6. The second-order valence-corrected chi connectivity index (χ2v) is 6.89. The molecule has 2 heterocycles. The average molecular weight is 380 g/mol. The molecule has 1 aliphatic heterocycles. The lowest BCUT2D eigenvalue weighted by atomic mass is 10.2. The van der Waals surface area contributed by atoms with Crippen LogP contribution < -0.4 is 0 Å². The van der Waals surface area contributed by atoms with Crippen molar-refractivity contribution in [3.8, 4) is 17.5 Å². The second kappa shape index (κ2) is 8.68. The summed E-state index contributed by atoms with van der Waals surface area (Å²) in [7, 11) is 0. The van der Waals surface area contributed by atoms with Crippen molar-refractivity contribution in [1.29, 1.82) is 5.26 Å². The molecule has 1 aliphatic rings. The summed E-state index contributed by atoms with van der Waals surface area (Å²) in [6.45, 7) is 2.90. The highest BCUT2D eigenvalue weighted by Gasteiger charge is 2.20. The molecule has 0 amide bonds. The molecule has 1 unspecified atom stereocenters. The van der Waals surface area contributed by atoms with Crippen LogP contribution in [0.3, 0.4) is 0 Å². The van der Waals surface area contributed by atoms with Crippen molar-refractivity contribution in [2.24, 2.45) is 0 Å². The Bertz CT molecular complexity index is 751. The summed E-state index contributed by atoms with van der Waals surface area (Å²) in [5.41, 5.74) is 1.51. The summed E-state index contributed by atoms with van der Waals surface area (Å²) in [5.74, 6) is 0.467. The van der Waals surface area contributed by atoms with Gasteiger partial charge in [0, 0.05) is 37.7 Å². The minimum Gasteiger partial charge on any atom is -0.444 e. The Morgan fingerprint density at radius 1 is 1.36 bits per heavy atom. The third kappa shape index (κ3) is 4.96. The highest BCUT2D eigenvalue weighted by atomic mass is 35.5. The molecule has 132 valence electrons. The van der Waals surface area contributed by atoms with Gasteiger partial charge in [0.2, 0.25) is 5.89 Å². The third-order valence-electron chi connectivity index (χ3n) is 4.12. The molecule has 1 saturated heterocycles. The molecule has 5 nitrogen and oxygen atoms in total. The lowest BCUT2D eigenvalue weighted by Crippen LogP contribution is -2.32. The van der Waals surface area contributed by atoms with Gasteiger partial charge >= 0.3 is 0 Å². The van der Waals surface area contributed by atoms with Crippen LogP contribution in [-0.4, -0.2) is 35.7 Å². The van der Waals surface area contributed by atoms with Gasteiger partial charge in [-0.2, -0.15) is 5.26 Å². The molecular formula is C18H19Cl2N3O2. The molecule has 1 aromatic carbocycles. The first-order valence-corrected chi connectivity index (χ1v) is 9.02. The van der Waals surface area contributed by atoms with Gasteiger partial charge < -0.3 is 9.15 Å². The van der Waals surface area contributed by atoms with Crippen LogP contribution in [0.4, 0.5) is 0 Å². The van der Waals surface area contributed by atoms with E-state index in [1.165, 1.54) is 0 Å². The van der Waals surface area contributed by atoms with Crippen LogP contribution in [0.15, 0.2) is 28.9 Å². The molecule has 1 atom stereocenters. The zero-order valence-corrected chi connectivity index (χ0v) is 15.3. The Labute approximate surface area is 157 Å². The maximum absolute atomic E-state index is 8.88. The fourth-order valence-electron chi connectivity index (χ4n) is 2.91. The normalized spacial score (nSPS) is 17.1. The van der Waals surface area contributed by atoms with E-state index >= 15 is 0 Å². The first-order valence-electron chi connectivity index (χ1n) is 8.26. The fraction of sp³-hybridized carbons (Fsp3) is 0.444. The molecule has 1 aromatic heterocycles. The molecule has 0 saturated carbocycles. The van der Waals surface area contributed by atoms with E-state index in [4.69, 9.17) is 37.6 Å². The summed E-state index contributed by atoms with van der Waals surface area (Å²) >= 11 is 12.1. The third-order valence-corrected chi connectivity index (χ3v) is 4.67. The molecular weight excluding hydrogens is 361 g/mol. The number of hydrogen-bond donors (Lipinski definition) is 0. The first-order chi connectivity index (χ1) is 12.2. The molecule has 0 radical (unpaired) electrons. The smallest absolute Gasteiger partial charge is 0.227 e. The SMILES string of the molecule is N#CCCN(Cc1coc(-c2ccc(Cl)cc2Cl)n1)CC1CCCO1. The van der Waals surface area contributed by atoms with E-state index in [0.29, 0.717) is 41.0 Å². The number of halogens is 2. The van der Waals surface area contributed by atoms with Crippen molar-refractivity contribution in [2.45, 2.75) is 31.9 Å². The van der Waals surface area contributed by atoms with Crippen molar-refractivity contribution in [3.63, 3.8) is 0 Å². The summed E-state index contributed by atoms with van der Waals surface area (Å²) in [5, 5.41) is 9.95. The maximum Gasteiger partial charge on any atom is 0.227 e. The fourth-order valence-corrected chi connectivity index (χ4v) is 3.40. The van der Waals surface area contributed by atoms with Gasteiger partial charge in [0.25, 0.3) is 0 Å². The van der Waals surface area contributed by atoms with Crippen LogP contribution in [0.25, 0.3) is 11.5 Å². The van der Waals surface area contributed by atoms with Crippen LogP contribution >= 0.6 is 23.2 Å². The molecule has 0 spiro atoms. The Morgan fingerprint density at radius 3 is 2.96 bits per heavy atom. The van der Waals surface area contributed by atoms with Crippen LogP contribution in [0, 0.1) is 11.3 Å². The number of oxazole rings is 1. The quantitative estimate of drug-likeness (QED) is 0.706. The lowest BCUT2D eigenvalue weighted by Gasteiger charge is -2.23. The van der Waals surface area contributed by atoms with Gasteiger partial charge in [-0.3, -0.25) is 4.90 Å². The summed E-state index contributed by atoms with van der Waals surface area (Å²) in [6.07, 6.45) is 4.50. The molecule has 7 heteroatoms. The van der Waals surface area contributed by atoms with E-state index in [9.17, 15) is 0 Å². The van der Waals surface area contributed by atoms with E-state index < -0.39 is 0 Å². The van der Waals surface area contributed by atoms with Crippen molar-refractivity contribution in [1.82, 2.24) is 9.88 Å². The number of hydrogen-bond acceptors (Lipinski definition) is 5. The van der Waals surface area contributed by atoms with Crippen LogP contribution in [0.2, 0.25) is 10.0 Å². The number of rotatable bonds is 7. The minimum atomic E-state index is 0.232. The van der Waals surface area contributed by atoms with Gasteiger partial charge in [0.1, 0.15) is 6.26 Å². The predicted octanol–water partition coefficient (Wildman–Crippen LogP) is 4.54. The summed E-state index contributed by atoms with van der Waals surface area (Å²) in [4.78, 5) is 6.72. The number of aromatic nitrogens is 1. The highest BCUT2D eigenvalue weighted by molar-refractivity contribution is 6.36. The molecule has 0 aliphatic carbocycles. The second-order valence-electron chi connectivity index (χ2n) is 6.05. The van der Waals surface area contributed by atoms with E-state index in [2.05, 4.69) is 16.0 Å². The Morgan fingerprint density at radius 2 is 2.24 bits per heavy atom. The molecule has 3 rings (SSSR count). The molecule has 2 aromatic rings. The molecule has 25 heavy (non-hydrogen) atoms. The van der Waals surface area contributed by atoms with Crippen LogP contribution in [0.5, 0.6) is 0 Å². The minimum absolute atomic E-state index is 0.232. The van der Waals surface area contributed by atoms with Crippen molar-refractivity contribution >= 4 is 23.2 Å². The van der Waals surface area contributed by atoms with Gasteiger partial charge in [-0.25, -0.2) is 4.98 Å².